The van der Waals surface area contributed by atoms with Gasteiger partial charge in [0.25, 0.3) is 0 Å². The molecule has 2 rings (SSSR count). The lowest BCUT2D eigenvalue weighted by Crippen LogP contribution is -2.40. The Hall–Kier alpha value is -0.0500. The number of rotatable bonds is 4. The van der Waals surface area contributed by atoms with Crippen LogP contribution in [0.15, 0.2) is 22.7 Å². The number of benzene rings is 1. The van der Waals surface area contributed by atoms with Crippen LogP contribution in [0, 0.1) is 5.92 Å². The third-order valence-corrected chi connectivity index (χ3v) is 4.54. The summed E-state index contributed by atoms with van der Waals surface area (Å²) in [7, 11) is 0. The first kappa shape index (κ1) is 12.4. The van der Waals surface area contributed by atoms with E-state index in [0.29, 0.717) is 0 Å². The third-order valence-electron chi connectivity index (χ3n) is 3.33. The van der Waals surface area contributed by atoms with E-state index < -0.39 is 0 Å². The summed E-state index contributed by atoms with van der Waals surface area (Å²) in [6.45, 7) is 5.48. The first-order chi connectivity index (χ1) is 7.49. The fraction of sp³-hybridized carbons (Fsp3) is 0.538. The second-order valence-corrected chi connectivity index (χ2v) is 6.36. The van der Waals surface area contributed by atoms with Gasteiger partial charge in [-0.2, -0.15) is 0 Å². The number of nitrogens with one attached hydrogen (secondary N) is 1. The van der Waals surface area contributed by atoms with Crippen molar-refractivity contribution in [3.8, 4) is 0 Å². The molecule has 0 saturated heterocycles. The highest BCUT2D eigenvalue weighted by molar-refractivity contribution is 9.10. The summed E-state index contributed by atoms with van der Waals surface area (Å²) in [4.78, 5) is 0. The molecule has 0 unspecified atom stereocenters. The summed E-state index contributed by atoms with van der Waals surface area (Å²) in [5.74, 6) is 0.850. The second-order valence-electron chi connectivity index (χ2n) is 5.10. The Kier molecular flexibility index (Phi) is 3.62. The zero-order valence-corrected chi connectivity index (χ0v) is 12.0. The number of hydrogen-bond donors (Lipinski definition) is 1. The van der Waals surface area contributed by atoms with Gasteiger partial charge in [-0.1, -0.05) is 17.7 Å². The Bertz CT molecular complexity index is 386. The van der Waals surface area contributed by atoms with Crippen molar-refractivity contribution in [2.75, 3.05) is 0 Å². The van der Waals surface area contributed by atoms with E-state index in [1.807, 2.05) is 6.07 Å². The average Bonchev–Trinajstić information content (AvgIpc) is 3.03. The first-order valence-corrected chi connectivity index (χ1v) is 6.85. The molecule has 1 aromatic carbocycles. The van der Waals surface area contributed by atoms with Crippen molar-refractivity contribution >= 4 is 27.5 Å². The van der Waals surface area contributed by atoms with Crippen LogP contribution in [-0.2, 0) is 6.54 Å². The molecule has 0 spiro atoms. The molecule has 1 aromatic rings. The molecule has 0 aliphatic heterocycles. The van der Waals surface area contributed by atoms with Crippen molar-refractivity contribution in [2.45, 2.75) is 38.8 Å². The molecule has 0 amide bonds. The highest BCUT2D eigenvalue weighted by Crippen LogP contribution is 2.39. The van der Waals surface area contributed by atoms with E-state index in [9.17, 15) is 0 Å². The van der Waals surface area contributed by atoms with Crippen molar-refractivity contribution < 1.29 is 0 Å². The molecule has 1 saturated carbocycles. The maximum Gasteiger partial charge on any atom is 0.0548 e. The van der Waals surface area contributed by atoms with Gasteiger partial charge in [0.05, 0.1) is 5.02 Å². The lowest BCUT2D eigenvalue weighted by molar-refractivity contribution is 0.339. The highest BCUT2D eigenvalue weighted by atomic mass is 79.9. The van der Waals surface area contributed by atoms with Gasteiger partial charge < -0.3 is 5.32 Å². The Morgan fingerprint density at radius 1 is 1.44 bits per heavy atom. The van der Waals surface area contributed by atoms with Crippen LogP contribution in [0.2, 0.25) is 5.02 Å². The average molecular weight is 303 g/mol. The topological polar surface area (TPSA) is 12.0 Å². The molecule has 88 valence electrons. The van der Waals surface area contributed by atoms with E-state index >= 15 is 0 Å². The molecular weight excluding hydrogens is 286 g/mol. The van der Waals surface area contributed by atoms with Crippen LogP contribution in [0.4, 0.5) is 0 Å². The molecule has 3 heteroatoms. The molecule has 1 N–H and O–H groups in total. The van der Waals surface area contributed by atoms with E-state index in [4.69, 9.17) is 11.6 Å². The molecule has 0 heterocycles. The SMILES string of the molecule is CC(C)(NCc1ccc(Cl)c(Br)c1)C1CC1. The van der Waals surface area contributed by atoms with Gasteiger partial charge in [-0.15, -0.1) is 0 Å². The van der Waals surface area contributed by atoms with E-state index in [2.05, 4.69) is 47.2 Å². The number of hydrogen-bond acceptors (Lipinski definition) is 1. The maximum absolute atomic E-state index is 5.96. The molecule has 0 radical (unpaired) electrons. The van der Waals surface area contributed by atoms with Gasteiger partial charge in [-0.05, 0) is 66.2 Å². The van der Waals surface area contributed by atoms with Gasteiger partial charge >= 0.3 is 0 Å². The Labute approximate surface area is 111 Å². The summed E-state index contributed by atoms with van der Waals surface area (Å²) in [5, 5.41) is 4.39. The molecule has 0 aromatic heterocycles. The normalized spacial score (nSPS) is 16.5. The summed E-state index contributed by atoms with van der Waals surface area (Å²) in [6.07, 6.45) is 2.73. The van der Waals surface area contributed by atoms with Crippen LogP contribution in [0.1, 0.15) is 32.3 Å². The minimum Gasteiger partial charge on any atom is -0.307 e. The van der Waals surface area contributed by atoms with Gasteiger partial charge in [0, 0.05) is 16.6 Å². The van der Waals surface area contributed by atoms with Crippen molar-refractivity contribution in [2.24, 2.45) is 5.92 Å². The van der Waals surface area contributed by atoms with E-state index in [1.165, 1.54) is 18.4 Å². The van der Waals surface area contributed by atoms with E-state index in [-0.39, 0.29) is 5.54 Å². The smallest absolute Gasteiger partial charge is 0.0548 e. The van der Waals surface area contributed by atoms with Gasteiger partial charge in [-0.25, -0.2) is 0 Å². The summed E-state index contributed by atoms with van der Waals surface area (Å²) >= 11 is 9.41. The van der Waals surface area contributed by atoms with Crippen molar-refractivity contribution in [3.05, 3.63) is 33.3 Å². The van der Waals surface area contributed by atoms with Crippen LogP contribution in [0.5, 0.6) is 0 Å². The van der Waals surface area contributed by atoms with Gasteiger partial charge in [-0.3, -0.25) is 0 Å². The Morgan fingerprint density at radius 2 is 2.12 bits per heavy atom. The lowest BCUT2D eigenvalue weighted by Gasteiger charge is -2.26. The number of halogens is 2. The Morgan fingerprint density at radius 3 is 2.69 bits per heavy atom. The molecule has 0 bridgehead atoms. The first-order valence-electron chi connectivity index (χ1n) is 5.68. The van der Waals surface area contributed by atoms with Crippen LogP contribution in [-0.4, -0.2) is 5.54 Å². The van der Waals surface area contributed by atoms with Crippen LogP contribution >= 0.6 is 27.5 Å². The summed E-state index contributed by atoms with van der Waals surface area (Å²) in [6, 6.07) is 6.09. The van der Waals surface area contributed by atoms with Crippen LogP contribution < -0.4 is 5.32 Å². The minimum absolute atomic E-state index is 0.256. The molecule has 1 fully saturated rings. The molecule has 0 atom stereocenters. The lowest BCUT2D eigenvalue weighted by atomic mass is 9.98. The van der Waals surface area contributed by atoms with Crippen LogP contribution in [0.25, 0.3) is 0 Å². The molecule has 1 aliphatic carbocycles. The maximum atomic E-state index is 5.96. The standard InChI is InChI=1S/C13H17BrClN/c1-13(2,10-4-5-10)16-8-9-3-6-12(15)11(14)7-9/h3,6-7,10,16H,4-5,8H2,1-2H3. The van der Waals surface area contributed by atoms with Crippen molar-refractivity contribution in [1.82, 2.24) is 5.32 Å². The van der Waals surface area contributed by atoms with E-state index in [0.717, 1.165) is 22.0 Å². The molecule has 16 heavy (non-hydrogen) atoms. The minimum atomic E-state index is 0.256. The zero-order chi connectivity index (χ0) is 11.8. The largest absolute Gasteiger partial charge is 0.307 e. The molecule has 1 nitrogen and oxygen atoms in total. The zero-order valence-electron chi connectivity index (χ0n) is 9.69. The quantitative estimate of drug-likeness (QED) is 0.870. The molecule has 1 aliphatic rings. The van der Waals surface area contributed by atoms with Gasteiger partial charge in [0.1, 0.15) is 0 Å². The fourth-order valence-corrected chi connectivity index (χ4v) is 2.47. The molecular formula is C13H17BrClN. The third kappa shape index (κ3) is 2.99. The van der Waals surface area contributed by atoms with Crippen molar-refractivity contribution in [1.29, 1.82) is 0 Å². The van der Waals surface area contributed by atoms with Crippen molar-refractivity contribution in [3.63, 3.8) is 0 Å². The monoisotopic (exact) mass is 301 g/mol. The predicted octanol–water partition coefficient (Wildman–Crippen LogP) is 4.38. The van der Waals surface area contributed by atoms with Crippen LogP contribution in [0.3, 0.4) is 0 Å². The highest BCUT2D eigenvalue weighted by Gasteiger charge is 2.37. The van der Waals surface area contributed by atoms with Gasteiger partial charge in [0.2, 0.25) is 0 Å². The van der Waals surface area contributed by atoms with E-state index in [1.54, 1.807) is 0 Å². The Balaban J connectivity index is 1.96. The summed E-state index contributed by atoms with van der Waals surface area (Å²) < 4.78 is 0.970. The fourth-order valence-electron chi connectivity index (χ4n) is 1.93. The summed E-state index contributed by atoms with van der Waals surface area (Å²) in [5.41, 5.74) is 1.52. The second kappa shape index (κ2) is 4.67. The van der Waals surface area contributed by atoms with Gasteiger partial charge in [0.15, 0.2) is 0 Å². The predicted molar refractivity (Wildman–Crippen MR) is 72.8 cm³/mol.